The molecule has 0 fully saturated rings. The first-order valence-electron chi connectivity index (χ1n) is 9.53. The summed E-state index contributed by atoms with van der Waals surface area (Å²) in [7, 11) is 1.56. The number of benzene rings is 2. The number of halogens is 3. The van der Waals surface area contributed by atoms with Crippen LogP contribution in [0.15, 0.2) is 72.1 Å². The predicted octanol–water partition coefficient (Wildman–Crippen LogP) is 4.77. The summed E-state index contributed by atoms with van der Waals surface area (Å²) in [6.07, 6.45) is -4.11. The number of likely N-dealkylation sites (N-methyl/N-ethyl adjacent to an activating group) is 1. The Morgan fingerprint density at radius 2 is 1.65 bits per heavy atom. The minimum absolute atomic E-state index is 0.122. The number of hydrogen-bond acceptors (Lipinski definition) is 3. The van der Waals surface area contributed by atoms with Gasteiger partial charge in [0.2, 0.25) is 5.91 Å². The lowest BCUT2D eigenvalue weighted by Crippen LogP contribution is -2.48. The Morgan fingerprint density at radius 3 is 2.23 bits per heavy atom. The van der Waals surface area contributed by atoms with Crippen molar-refractivity contribution in [2.45, 2.75) is 25.2 Å². The lowest BCUT2D eigenvalue weighted by molar-refractivity contribution is -0.137. The van der Waals surface area contributed by atoms with Crippen LogP contribution in [0.3, 0.4) is 0 Å². The number of rotatable bonds is 7. The molecule has 2 aromatic carbocycles. The van der Waals surface area contributed by atoms with Gasteiger partial charge in [0.15, 0.2) is 0 Å². The van der Waals surface area contributed by atoms with E-state index in [1.807, 2.05) is 30.3 Å². The van der Waals surface area contributed by atoms with E-state index < -0.39 is 17.8 Å². The van der Waals surface area contributed by atoms with E-state index in [0.717, 1.165) is 17.7 Å². The van der Waals surface area contributed by atoms with E-state index in [9.17, 15) is 22.8 Å². The predicted molar refractivity (Wildman–Crippen MR) is 114 cm³/mol. The van der Waals surface area contributed by atoms with Gasteiger partial charge in [0.25, 0.3) is 5.91 Å². The van der Waals surface area contributed by atoms with Crippen LogP contribution in [-0.2, 0) is 23.9 Å². The molecule has 0 radical (unpaired) electrons. The largest absolute Gasteiger partial charge is 0.416 e. The van der Waals surface area contributed by atoms with Crippen molar-refractivity contribution in [1.82, 2.24) is 10.2 Å². The van der Waals surface area contributed by atoms with E-state index in [2.05, 4.69) is 5.32 Å². The van der Waals surface area contributed by atoms with Gasteiger partial charge >= 0.3 is 6.18 Å². The molecule has 0 saturated heterocycles. The highest BCUT2D eigenvalue weighted by Crippen LogP contribution is 2.29. The molecule has 0 saturated carbocycles. The Morgan fingerprint density at radius 1 is 0.968 bits per heavy atom. The minimum atomic E-state index is -4.41. The smallest absolute Gasteiger partial charge is 0.340 e. The highest BCUT2D eigenvalue weighted by molar-refractivity contribution is 7.12. The molecular weight excluding hydrogens is 425 g/mol. The van der Waals surface area contributed by atoms with E-state index >= 15 is 0 Å². The Kier molecular flexibility index (Phi) is 7.12. The normalized spacial score (nSPS) is 12.3. The first kappa shape index (κ1) is 22.6. The number of carbonyl (C=O) groups excluding carboxylic acids is 2. The van der Waals surface area contributed by atoms with Crippen LogP contribution < -0.4 is 5.32 Å². The zero-order chi connectivity index (χ0) is 22.4. The van der Waals surface area contributed by atoms with Gasteiger partial charge in [-0.3, -0.25) is 9.59 Å². The van der Waals surface area contributed by atoms with Crippen LogP contribution in [0.4, 0.5) is 13.2 Å². The van der Waals surface area contributed by atoms with Crippen LogP contribution >= 0.6 is 11.3 Å². The van der Waals surface area contributed by atoms with Gasteiger partial charge in [-0.25, -0.2) is 0 Å². The summed E-state index contributed by atoms with van der Waals surface area (Å²) in [6.45, 7) is 0.122. The second-order valence-corrected chi connectivity index (χ2v) is 8.03. The molecule has 0 aliphatic rings. The third kappa shape index (κ3) is 6.18. The van der Waals surface area contributed by atoms with Crippen LogP contribution in [0.25, 0.3) is 0 Å². The summed E-state index contributed by atoms with van der Waals surface area (Å²) in [5.41, 5.74) is 0.706. The van der Waals surface area contributed by atoms with Gasteiger partial charge in [0.1, 0.15) is 6.04 Å². The lowest BCUT2D eigenvalue weighted by atomic mass is 10.0. The van der Waals surface area contributed by atoms with Gasteiger partial charge in [0.05, 0.1) is 10.4 Å². The van der Waals surface area contributed by atoms with Crippen molar-refractivity contribution >= 4 is 23.2 Å². The average Bonchev–Trinajstić information content (AvgIpc) is 3.28. The molecule has 1 atom stereocenters. The summed E-state index contributed by atoms with van der Waals surface area (Å²) < 4.78 is 38.3. The standard InChI is InChI=1S/C23H21F3N2O2S/c1-28(15-17-9-11-18(12-10-17)23(24,25)26)22(30)19(14-16-6-3-2-4-7-16)27-21(29)20-8-5-13-31-20/h2-13,19H,14-15H2,1H3,(H,27,29). The number of nitrogens with zero attached hydrogens (tertiary/aromatic N) is 1. The van der Waals surface area contributed by atoms with E-state index in [1.54, 1.807) is 24.6 Å². The fourth-order valence-electron chi connectivity index (χ4n) is 3.10. The Balaban J connectivity index is 1.73. The molecule has 0 aliphatic carbocycles. The molecule has 1 N–H and O–H groups in total. The summed E-state index contributed by atoms with van der Waals surface area (Å²) in [4.78, 5) is 27.6. The zero-order valence-electron chi connectivity index (χ0n) is 16.7. The molecule has 0 spiro atoms. The van der Waals surface area contributed by atoms with Crippen LogP contribution in [0, 0.1) is 0 Å². The number of alkyl halides is 3. The SMILES string of the molecule is CN(Cc1ccc(C(F)(F)F)cc1)C(=O)C(Cc1ccccc1)NC(=O)c1cccs1. The molecular formula is C23H21F3N2O2S. The van der Waals surface area contributed by atoms with E-state index in [0.29, 0.717) is 16.9 Å². The molecule has 1 unspecified atom stereocenters. The summed E-state index contributed by atoms with van der Waals surface area (Å²) in [5, 5.41) is 4.57. The first-order valence-corrected chi connectivity index (χ1v) is 10.4. The van der Waals surface area contributed by atoms with Gasteiger partial charge in [-0.15, -0.1) is 11.3 Å². The average molecular weight is 446 g/mol. The van der Waals surface area contributed by atoms with Crippen molar-refractivity contribution in [3.63, 3.8) is 0 Å². The molecule has 8 heteroatoms. The van der Waals surface area contributed by atoms with E-state index in [4.69, 9.17) is 0 Å². The van der Waals surface area contributed by atoms with Crippen molar-refractivity contribution in [3.05, 3.63) is 93.7 Å². The third-order valence-electron chi connectivity index (χ3n) is 4.71. The fourth-order valence-corrected chi connectivity index (χ4v) is 3.73. The van der Waals surface area contributed by atoms with Crippen molar-refractivity contribution in [1.29, 1.82) is 0 Å². The molecule has 1 aromatic heterocycles. The Bertz CT molecular complexity index is 1000. The van der Waals surface area contributed by atoms with Crippen LogP contribution in [0.1, 0.15) is 26.4 Å². The molecule has 2 amide bonds. The number of hydrogen-bond donors (Lipinski definition) is 1. The summed E-state index contributed by atoms with van der Waals surface area (Å²) in [5.74, 6) is -0.666. The summed E-state index contributed by atoms with van der Waals surface area (Å²) in [6, 6.07) is 16.6. The molecule has 3 rings (SSSR count). The summed E-state index contributed by atoms with van der Waals surface area (Å²) >= 11 is 1.28. The zero-order valence-corrected chi connectivity index (χ0v) is 17.5. The van der Waals surface area contributed by atoms with Crippen molar-refractivity contribution < 1.29 is 22.8 Å². The molecule has 4 nitrogen and oxygen atoms in total. The molecule has 0 bridgehead atoms. The molecule has 3 aromatic rings. The number of nitrogens with one attached hydrogen (secondary N) is 1. The van der Waals surface area contributed by atoms with Crippen LogP contribution in [-0.4, -0.2) is 29.8 Å². The molecule has 31 heavy (non-hydrogen) atoms. The van der Waals surface area contributed by atoms with Gasteiger partial charge in [-0.2, -0.15) is 13.2 Å². The third-order valence-corrected chi connectivity index (χ3v) is 5.58. The first-order chi connectivity index (χ1) is 14.7. The van der Waals surface area contributed by atoms with E-state index in [-0.39, 0.29) is 18.4 Å². The maximum absolute atomic E-state index is 13.1. The quantitative estimate of drug-likeness (QED) is 0.569. The maximum Gasteiger partial charge on any atom is 0.416 e. The monoisotopic (exact) mass is 446 g/mol. The highest BCUT2D eigenvalue weighted by Gasteiger charge is 2.30. The Labute approximate surface area is 182 Å². The topological polar surface area (TPSA) is 49.4 Å². The highest BCUT2D eigenvalue weighted by atomic mass is 32.1. The van der Waals surface area contributed by atoms with Crippen molar-refractivity contribution in [2.75, 3.05) is 7.05 Å². The van der Waals surface area contributed by atoms with Crippen LogP contribution in [0.5, 0.6) is 0 Å². The molecule has 0 aliphatic heterocycles. The second-order valence-electron chi connectivity index (χ2n) is 7.08. The number of thiophene rings is 1. The van der Waals surface area contributed by atoms with Crippen LogP contribution in [0.2, 0.25) is 0 Å². The van der Waals surface area contributed by atoms with Gasteiger partial charge in [-0.05, 0) is 34.7 Å². The minimum Gasteiger partial charge on any atom is -0.340 e. The van der Waals surface area contributed by atoms with Crippen molar-refractivity contribution in [3.8, 4) is 0 Å². The number of amides is 2. The Hall–Kier alpha value is -3.13. The van der Waals surface area contributed by atoms with Crippen molar-refractivity contribution in [2.24, 2.45) is 0 Å². The van der Waals surface area contributed by atoms with Gasteiger partial charge < -0.3 is 10.2 Å². The second kappa shape index (κ2) is 9.78. The number of carbonyl (C=O) groups is 2. The van der Waals surface area contributed by atoms with Gasteiger partial charge in [0, 0.05) is 20.0 Å². The van der Waals surface area contributed by atoms with Gasteiger partial charge in [-0.1, -0.05) is 48.5 Å². The maximum atomic E-state index is 13.1. The fraction of sp³-hybridized carbons (Fsp3) is 0.217. The molecule has 162 valence electrons. The van der Waals surface area contributed by atoms with E-state index in [1.165, 1.54) is 28.4 Å². The molecule has 1 heterocycles. The lowest BCUT2D eigenvalue weighted by Gasteiger charge is -2.25.